The van der Waals surface area contributed by atoms with E-state index in [4.69, 9.17) is 9.47 Å². The van der Waals surface area contributed by atoms with E-state index in [-0.39, 0.29) is 5.97 Å². The summed E-state index contributed by atoms with van der Waals surface area (Å²) in [6, 6.07) is 15.6. The molecule has 0 amide bonds. The molecule has 0 saturated carbocycles. The predicted molar refractivity (Wildman–Crippen MR) is 91.4 cm³/mol. The summed E-state index contributed by atoms with van der Waals surface area (Å²) < 4.78 is 10.6. The molecule has 0 fully saturated rings. The summed E-state index contributed by atoms with van der Waals surface area (Å²) >= 11 is 1.50. The van der Waals surface area contributed by atoms with Crippen LogP contribution in [0.1, 0.15) is 17.4 Å². The third-order valence-electron chi connectivity index (χ3n) is 3.42. The van der Waals surface area contributed by atoms with Gasteiger partial charge in [-0.1, -0.05) is 42.1 Å². The van der Waals surface area contributed by atoms with Crippen LogP contribution in [0.5, 0.6) is 5.75 Å². The van der Waals surface area contributed by atoms with Gasteiger partial charge in [0.2, 0.25) is 0 Å². The standard InChI is InChI=1S/C18H17NO3S/c1-3-22-18(20)16-17(12-8-4-5-9-13(12)19-16)23-15-11-7-6-10-14(15)21-2/h4-11,19H,3H2,1-2H3. The molecule has 0 bridgehead atoms. The molecule has 1 heterocycles. The van der Waals surface area contributed by atoms with Crippen LogP contribution in [0.25, 0.3) is 10.9 Å². The number of hydrogen-bond donors (Lipinski definition) is 1. The normalized spacial score (nSPS) is 10.7. The third-order valence-corrected chi connectivity index (χ3v) is 4.60. The predicted octanol–water partition coefficient (Wildman–Crippen LogP) is 4.50. The van der Waals surface area contributed by atoms with Crippen LogP contribution in [0, 0.1) is 0 Å². The van der Waals surface area contributed by atoms with Crippen LogP contribution in [0.4, 0.5) is 0 Å². The molecular weight excluding hydrogens is 310 g/mol. The lowest BCUT2D eigenvalue weighted by Gasteiger charge is -2.08. The number of rotatable bonds is 5. The van der Waals surface area contributed by atoms with Crippen molar-refractivity contribution in [2.24, 2.45) is 0 Å². The summed E-state index contributed by atoms with van der Waals surface area (Å²) in [5.41, 5.74) is 1.39. The van der Waals surface area contributed by atoms with Crippen LogP contribution in [0.2, 0.25) is 0 Å². The number of methoxy groups -OCH3 is 1. The topological polar surface area (TPSA) is 51.3 Å². The van der Waals surface area contributed by atoms with Gasteiger partial charge in [0.05, 0.1) is 23.5 Å². The van der Waals surface area contributed by atoms with Crippen LogP contribution >= 0.6 is 11.8 Å². The fraction of sp³-hybridized carbons (Fsp3) is 0.167. The molecule has 0 saturated heterocycles. The van der Waals surface area contributed by atoms with Crippen molar-refractivity contribution in [1.82, 2.24) is 4.98 Å². The Bertz CT molecular complexity index is 841. The second-order valence-corrected chi connectivity index (χ2v) is 5.90. The summed E-state index contributed by atoms with van der Waals surface area (Å²) in [7, 11) is 1.64. The minimum absolute atomic E-state index is 0.340. The van der Waals surface area contributed by atoms with E-state index in [1.165, 1.54) is 11.8 Å². The van der Waals surface area contributed by atoms with Gasteiger partial charge in [-0.2, -0.15) is 0 Å². The number of hydrogen-bond acceptors (Lipinski definition) is 4. The Labute approximate surface area is 138 Å². The number of benzene rings is 2. The molecule has 118 valence electrons. The van der Waals surface area contributed by atoms with Crippen LogP contribution in [-0.4, -0.2) is 24.7 Å². The van der Waals surface area contributed by atoms with Crippen molar-refractivity contribution < 1.29 is 14.3 Å². The van der Waals surface area contributed by atoms with E-state index < -0.39 is 0 Å². The highest BCUT2D eigenvalue weighted by Gasteiger charge is 2.20. The van der Waals surface area contributed by atoms with Gasteiger partial charge in [0.25, 0.3) is 0 Å². The van der Waals surface area contributed by atoms with Crippen molar-refractivity contribution >= 4 is 28.6 Å². The minimum atomic E-state index is -0.346. The molecule has 4 nitrogen and oxygen atoms in total. The highest BCUT2D eigenvalue weighted by atomic mass is 32.2. The molecule has 23 heavy (non-hydrogen) atoms. The van der Waals surface area contributed by atoms with Crippen LogP contribution in [0.15, 0.2) is 58.3 Å². The number of nitrogens with one attached hydrogen (secondary N) is 1. The van der Waals surface area contributed by atoms with E-state index in [1.54, 1.807) is 14.0 Å². The second-order valence-electron chi connectivity index (χ2n) is 4.85. The monoisotopic (exact) mass is 327 g/mol. The van der Waals surface area contributed by atoms with Gasteiger partial charge in [-0.05, 0) is 25.1 Å². The van der Waals surface area contributed by atoms with Gasteiger partial charge < -0.3 is 14.5 Å². The van der Waals surface area contributed by atoms with Crippen molar-refractivity contribution in [1.29, 1.82) is 0 Å². The maximum Gasteiger partial charge on any atom is 0.355 e. The SMILES string of the molecule is CCOC(=O)c1[nH]c2ccccc2c1Sc1ccccc1OC. The maximum atomic E-state index is 12.3. The fourth-order valence-corrected chi connectivity index (χ4v) is 3.53. The Kier molecular flexibility index (Phi) is 4.57. The lowest BCUT2D eigenvalue weighted by molar-refractivity contribution is 0.0516. The van der Waals surface area contributed by atoms with E-state index in [9.17, 15) is 4.79 Å². The molecule has 0 aliphatic heterocycles. The first-order valence-electron chi connectivity index (χ1n) is 7.33. The number of carbonyl (C=O) groups excluding carboxylic acids is 1. The zero-order valence-corrected chi connectivity index (χ0v) is 13.8. The van der Waals surface area contributed by atoms with Gasteiger partial charge in [-0.3, -0.25) is 0 Å². The Morgan fingerprint density at radius 1 is 1.13 bits per heavy atom. The van der Waals surface area contributed by atoms with Crippen molar-refractivity contribution in [2.45, 2.75) is 16.7 Å². The minimum Gasteiger partial charge on any atom is -0.496 e. The maximum absolute atomic E-state index is 12.3. The van der Waals surface area contributed by atoms with E-state index in [2.05, 4.69) is 4.98 Å². The number of fused-ring (bicyclic) bond motifs is 1. The average molecular weight is 327 g/mol. The van der Waals surface area contributed by atoms with Crippen LogP contribution < -0.4 is 4.74 Å². The molecule has 1 aromatic heterocycles. The van der Waals surface area contributed by atoms with Gasteiger partial charge in [0.15, 0.2) is 0 Å². The molecule has 5 heteroatoms. The van der Waals surface area contributed by atoms with E-state index in [0.717, 1.165) is 26.4 Å². The summed E-state index contributed by atoms with van der Waals surface area (Å²) in [6.45, 7) is 2.14. The molecule has 0 radical (unpaired) electrons. The molecular formula is C18H17NO3S. The number of ether oxygens (including phenoxy) is 2. The molecule has 0 spiro atoms. The first-order valence-corrected chi connectivity index (χ1v) is 8.15. The molecule has 0 unspecified atom stereocenters. The van der Waals surface area contributed by atoms with Gasteiger partial charge in [-0.25, -0.2) is 4.79 Å². The molecule has 3 rings (SSSR count). The number of para-hydroxylation sites is 2. The Balaban J connectivity index is 2.11. The summed E-state index contributed by atoms with van der Waals surface area (Å²) in [5, 5.41) is 0.992. The quantitative estimate of drug-likeness (QED) is 0.701. The van der Waals surface area contributed by atoms with Gasteiger partial charge in [0.1, 0.15) is 11.4 Å². The summed E-state index contributed by atoms with van der Waals surface area (Å²) in [5.74, 6) is 0.429. The largest absolute Gasteiger partial charge is 0.496 e. The van der Waals surface area contributed by atoms with E-state index >= 15 is 0 Å². The molecule has 3 aromatic rings. The number of carbonyl (C=O) groups is 1. The van der Waals surface area contributed by atoms with E-state index in [0.29, 0.717) is 12.3 Å². The number of aromatic nitrogens is 1. The molecule has 2 aromatic carbocycles. The molecule has 0 atom stereocenters. The Morgan fingerprint density at radius 3 is 2.65 bits per heavy atom. The zero-order chi connectivity index (χ0) is 16.2. The molecule has 0 aliphatic carbocycles. The second kappa shape index (κ2) is 6.79. The first-order chi connectivity index (χ1) is 11.2. The van der Waals surface area contributed by atoms with Crippen molar-refractivity contribution in [3.63, 3.8) is 0 Å². The average Bonchev–Trinajstić information content (AvgIpc) is 2.94. The van der Waals surface area contributed by atoms with Crippen LogP contribution in [-0.2, 0) is 4.74 Å². The smallest absolute Gasteiger partial charge is 0.355 e. The first kappa shape index (κ1) is 15.5. The van der Waals surface area contributed by atoms with Crippen molar-refractivity contribution in [3.05, 3.63) is 54.2 Å². The molecule has 0 aliphatic rings. The lowest BCUT2D eigenvalue weighted by Crippen LogP contribution is -2.06. The summed E-state index contributed by atoms with van der Waals surface area (Å²) in [4.78, 5) is 17.3. The van der Waals surface area contributed by atoms with Gasteiger partial charge in [-0.15, -0.1) is 0 Å². The van der Waals surface area contributed by atoms with Gasteiger partial charge in [0, 0.05) is 10.9 Å². The van der Waals surface area contributed by atoms with Crippen molar-refractivity contribution in [2.75, 3.05) is 13.7 Å². The van der Waals surface area contributed by atoms with E-state index in [1.807, 2.05) is 48.5 Å². The van der Waals surface area contributed by atoms with Crippen LogP contribution in [0.3, 0.4) is 0 Å². The fourth-order valence-electron chi connectivity index (χ4n) is 2.38. The number of H-pyrrole nitrogens is 1. The summed E-state index contributed by atoms with van der Waals surface area (Å²) in [6.07, 6.45) is 0. The third kappa shape index (κ3) is 3.05. The van der Waals surface area contributed by atoms with Crippen molar-refractivity contribution in [3.8, 4) is 5.75 Å². The van der Waals surface area contributed by atoms with Gasteiger partial charge >= 0.3 is 5.97 Å². The Morgan fingerprint density at radius 2 is 1.87 bits per heavy atom. The molecule has 1 N–H and O–H groups in total. The zero-order valence-electron chi connectivity index (χ0n) is 13.0. The number of aromatic amines is 1. The highest BCUT2D eigenvalue weighted by molar-refractivity contribution is 7.99. The Hall–Kier alpha value is -2.40. The highest BCUT2D eigenvalue weighted by Crippen LogP contribution is 2.40. The number of esters is 1. The lowest BCUT2D eigenvalue weighted by atomic mass is 10.2.